The van der Waals surface area contributed by atoms with Crippen LogP contribution >= 0.6 is 0 Å². The zero-order valence-electron chi connectivity index (χ0n) is 18.0. The molecule has 0 aliphatic heterocycles. The van der Waals surface area contributed by atoms with Gasteiger partial charge in [-0.3, -0.25) is 0 Å². The van der Waals surface area contributed by atoms with E-state index in [1.807, 2.05) is 0 Å². The second-order valence-corrected chi connectivity index (χ2v) is 8.67. The number of nitrogens with zero attached hydrogens (tertiary/aromatic N) is 1. The fourth-order valence-electron chi connectivity index (χ4n) is 4.63. The molecule has 3 rings (SSSR count). The molecule has 0 bridgehead atoms. The SMILES string of the molecule is CCCN(CCCc1ccc(C2CCC(C(F)(F)F)C2)cc1)CCc1ccccc1. The van der Waals surface area contributed by atoms with Gasteiger partial charge in [0.2, 0.25) is 0 Å². The number of rotatable bonds is 10. The van der Waals surface area contributed by atoms with Crippen molar-refractivity contribution >= 4 is 0 Å². The van der Waals surface area contributed by atoms with Crippen LogP contribution in [-0.4, -0.2) is 30.7 Å². The summed E-state index contributed by atoms with van der Waals surface area (Å²) in [5.41, 5.74) is 3.73. The highest BCUT2D eigenvalue weighted by atomic mass is 19.4. The summed E-state index contributed by atoms with van der Waals surface area (Å²) in [6.45, 7) is 5.51. The van der Waals surface area contributed by atoms with E-state index in [2.05, 4.69) is 66.4 Å². The molecule has 0 heterocycles. The van der Waals surface area contributed by atoms with E-state index in [0.29, 0.717) is 6.42 Å². The van der Waals surface area contributed by atoms with Crippen molar-refractivity contribution in [3.05, 3.63) is 71.3 Å². The standard InChI is InChI=1S/C26H34F3N/c1-2-17-30(19-16-21-7-4-3-5-8-21)18-6-9-22-10-12-23(13-11-22)24-14-15-25(20-24)26(27,28)29/h3-5,7-8,10-13,24-25H,2,6,9,14-20H2,1H3. The average Bonchev–Trinajstić information content (AvgIpc) is 3.24. The molecule has 30 heavy (non-hydrogen) atoms. The van der Waals surface area contributed by atoms with Gasteiger partial charge in [0.25, 0.3) is 0 Å². The third-order valence-corrected chi connectivity index (χ3v) is 6.39. The van der Waals surface area contributed by atoms with E-state index in [4.69, 9.17) is 0 Å². The lowest BCUT2D eigenvalue weighted by atomic mass is 9.94. The van der Waals surface area contributed by atoms with Crippen LogP contribution in [0.25, 0.3) is 0 Å². The molecule has 1 aliphatic carbocycles. The van der Waals surface area contributed by atoms with Crippen LogP contribution in [-0.2, 0) is 12.8 Å². The van der Waals surface area contributed by atoms with Crippen molar-refractivity contribution in [1.29, 1.82) is 0 Å². The van der Waals surface area contributed by atoms with Gasteiger partial charge in [-0.15, -0.1) is 0 Å². The van der Waals surface area contributed by atoms with Crippen LogP contribution in [0.3, 0.4) is 0 Å². The fraction of sp³-hybridized carbons (Fsp3) is 0.538. The molecule has 0 radical (unpaired) electrons. The van der Waals surface area contributed by atoms with Crippen molar-refractivity contribution in [2.75, 3.05) is 19.6 Å². The highest BCUT2D eigenvalue weighted by Gasteiger charge is 2.44. The second-order valence-electron chi connectivity index (χ2n) is 8.67. The van der Waals surface area contributed by atoms with Crippen molar-refractivity contribution in [2.45, 2.75) is 64.0 Å². The van der Waals surface area contributed by atoms with E-state index in [1.165, 1.54) is 11.1 Å². The third kappa shape index (κ3) is 6.87. The zero-order chi connectivity index (χ0) is 21.4. The predicted octanol–water partition coefficient (Wildman–Crippen LogP) is 7.02. The maximum Gasteiger partial charge on any atom is 0.391 e. The van der Waals surface area contributed by atoms with E-state index in [0.717, 1.165) is 50.9 Å². The van der Waals surface area contributed by atoms with E-state index in [9.17, 15) is 13.2 Å². The fourth-order valence-corrected chi connectivity index (χ4v) is 4.63. The van der Waals surface area contributed by atoms with Gasteiger partial charge in [-0.1, -0.05) is 61.5 Å². The highest BCUT2D eigenvalue weighted by molar-refractivity contribution is 5.26. The Morgan fingerprint density at radius 1 is 0.833 bits per heavy atom. The normalized spacial score (nSPS) is 19.5. The number of alkyl halides is 3. The Bertz CT molecular complexity index is 739. The van der Waals surface area contributed by atoms with Crippen molar-refractivity contribution in [2.24, 2.45) is 5.92 Å². The number of hydrogen-bond acceptors (Lipinski definition) is 1. The maximum absolute atomic E-state index is 12.9. The lowest BCUT2D eigenvalue weighted by molar-refractivity contribution is -0.172. The van der Waals surface area contributed by atoms with Crippen LogP contribution in [0.15, 0.2) is 54.6 Å². The average molecular weight is 418 g/mol. The molecule has 2 atom stereocenters. The van der Waals surface area contributed by atoms with Crippen LogP contribution in [0.4, 0.5) is 13.2 Å². The molecule has 0 N–H and O–H groups in total. The van der Waals surface area contributed by atoms with Gasteiger partial charge in [-0.25, -0.2) is 0 Å². The Labute approximate surface area is 179 Å². The predicted molar refractivity (Wildman–Crippen MR) is 118 cm³/mol. The Morgan fingerprint density at radius 2 is 1.53 bits per heavy atom. The minimum atomic E-state index is -4.04. The van der Waals surface area contributed by atoms with E-state index in [-0.39, 0.29) is 18.8 Å². The van der Waals surface area contributed by atoms with Crippen LogP contribution in [0.5, 0.6) is 0 Å². The first-order chi connectivity index (χ1) is 14.5. The maximum atomic E-state index is 12.9. The second kappa shape index (κ2) is 11.0. The lowest BCUT2D eigenvalue weighted by Crippen LogP contribution is -2.28. The summed E-state index contributed by atoms with van der Waals surface area (Å²) in [6.07, 6.45) is 1.48. The van der Waals surface area contributed by atoms with Gasteiger partial charge in [0.15, 0.2) is 0 Å². The minimum Gasteiger partial charge on any atom is -0.303 e. The molecule has 4 heteroatoms. The first-order valence-electron chi connectivity index (χ1n) is 11.4. The molecular weight excluding hydrogens is 383 g/mol. The van der Waals surface area contributed by atoms with E-state index >= 15 is 0 Å². The molecule has 0 aromatic heterocycles. The molecule has 2 aromatic carbocycles. The molecule has 1 aliphatic rings. The molecule has 2 aromatic rings. The Hall–Kier alpha value is -1.81. The van der Waals surface area contributed by atoms with Gasteiger partial charge in [0.05, 0.1) is 5.92 Å². The summed E-state index contributed by atoms with van der Waals surface area (Å²) in [5, 5.41) is 0. The highest BCUT2D eigenvalue weighted by Crippen LogP contribution is 2.45. The summed E-state index contributed by atoms with van der Waals surface area (Å²) in [7, 11) is 0. The Kier molecular flexibility index (Phi) is 8.38. The molecule has 1 fully saturated rings. The quantitative estimate of drug-likeness (QED) is 0.401. The number of halogens is 3. The molecule has 2 unspecified atom stereocenters. The summed E-state index contributed by atoms with van der Waals surface area (Å²) >= 11 is 0. The van der Waals surface area contributed by atoms with Gasteiger partial charge < -0.3 is 4.90 Å². The van der Waals surface area contributed by atoms with Crippen LogP contribution in [0, 0.1) is 5.92 Å². The summed E-state index contributed by atoms with van der Waals surface area (Å²) in [5.74, 6) is -1.06. The largest absolute Gasteiger partial charge is 0.391 e. The van der Waals surface area contributed by atoms with Gasteiger partial charge in [0, 0.05) is 6.54 Å². The smallest absolute Gasteiger partial charge is 0.303 e. The van der Waals surface area contributed by atoms with Gasteiger partial charge in [-0.05, 0) is 80.6 Å². The third-order valence-electron chi connectivity index (χ3n) is 6.39. The van der Waals surface area contributed by atoms with Gasteiger partial charge >= 0.3 is 6.18 Å². The van der Waals surface area contributed by atoms with E-state index in [1.54, 1.807) is 0 Å². The van der Waals surface area contributed by atoms with Crippen LogP contribution in [0.1, 0.15) is 61.6 Å². The van der Waals surface area contributed by atoms with Crippen molar-refractivity contribution in [1.82, 2.24) is 4.90 Å². The topological polar surface area (TPSA) is 3.24 Å². The molecule has 164 valence electrons. The number of benzene rings is 2. The molecule has 1 saturated carbocycles. The Balaban J connectivity index is 1.43. The van der Waals surface area contributed by atoms with Gasteiger partial charge in [0.1, 0.15) is 0 Å². The summed E-state index contributed by atoms with van der Waals surface area (Å²) < 4.78 is 38.8. The van der Waals surface area contributed by atoms with Crippen molar-refractivity contribution in [3.8, 4) is 0 Å². The molecule has 0 saturated heterocycles. The molecular formula is C26H34F3N. The zero-order valence-corrected chi connectivity index (χ0v) is 18.0. The van der Waals surface area contributed by atoms with Crippen LogP contribution < -0.4 is 0 Å². The molecule has 1 nitrogen and oxygen atoms in total. The number of aryl methyl sites for hydroxylation is 1. The van der Waals surface area contributed by atoms with Crippen LogP contribution in [0.2, 0.25) is 0 Å². The summed E-state index contributed by atoms with van der Waals surface area (Å²) in [4.78, 5) is 2.54. The summed E-state index contributed by atoms with van der Waals surface area (Å²) in [6, 6.07) is 19.0. The van der Waals surface area contributed by atoms with E-state index < -0.39 is 12.1 Å². The number of hydrogen-bond donors (Lipinski definition) is 0. The van der Waals surface area contributed by atoms with Gasteiger partial charge in [-0.2, -0.15) is 13.2 Å². The minimum absolute atomic E-state index is 0.0590. The molecule has 0 amide bonds. The van der Waals surface area contributed by atoms with Crippen molar-refractivity contribution in [3.63, 3.8) is 0 Å². The first kappa shape index (κ1) is 22.9. The molecule has 0 spiro atoms. The van der Waals surface area contributed by atoms with Crippen molar-refractivity contribution < 1.29 is 13.2 Å². The lowest BCUT2D eigenvalue weighted by Gasteiger charge is -2.21. The monoisotopic (exact) mass is 417 g/mol. The first-order valence-corrected chi connectivity index (χ1v) is 11.4. The Morgan fingerprint density at radius 3 is 2.17 bits per heavy atom.